The van der Waals surface area contributed by atoms with Gasteiger partial charge in [-0.15, -0.1) is 0 Å². The van der Waals surface area contributed by atoms with Gasteiger partial charge in [0, 0.05) is 12.6 Å². The highest BCUT2D eigenvalue weighted by molar-refractivity contribution is 5.80. The maximum Gasteiger partial charge on any atom is 0.315 e. The van der Waals surface area contributed by atoms with E-state index in [-0.39, 0.29) is 17.9 Å². The first kappa shape index (κ1) is 15.1. The molecule has 1 aromatic carbocycles. The number of nitriles is 1. The average Bonchev–Trinajstić information content (AvgIpc) is 2.51. The molecule has 0 amide bonds. The Hall–Kier alpha value is -1.86. The van der Waals surface area contributed by atoms with Crippen LogP contribution in [0.25, 0.3) is 0 Å². The molecule has 1 heterocycles. The molecule has 1 aliphatic heterocycles. The Balaban J connectivity index is 1.81. The zero-order valence-corrected chi connectivity index (χ0v) is 13.0. The fourth-order valence-corrected chi connectivity index (χ4v) is 4.08. The second-order valence-corrected chi connectivity index (χ2v) is 6.25. The number of carbonyl (C=O) groups excluding carboxylic acids is 1. The summed E-state index contributed by atoms with van der Waals surface area (Å²) in [5.74, 6) is -0.370. The zero-order valence-electron chi connectivity index (χ0n) is 13.0. The fraction of sp³-hybridized carbons (Fsp3) is 0.556. The summed E-state index contributed by atoms with van der Waals surface area (Å²) in [4.78, 5) is 14.9. The van der Waals surface area contributed by atoms with E-state index in [1.807, 2.05) is 25.1 Å². The molecule has 116 valence electrons. The highest BCUT2D eigenvalue weighted by atomic mass is 16.5. The second-order valence-electron chi connectivity index (χ2n) is 6.25. The summed E-state index contributed by atoms with van der Waals surface area (Å²) in [6, 6.07) is 12.8. The lowest BCUT2D eigenvalue weighted by atomic mass is 9.52. The van der Waals surface area contributed by atoms with Crippen molar-refractivity contribution in [1.29, 1.82) is 5.26 Å². The Labute approximate surface area is 131 Å². The second kappa shape index (κ2) is 6.10. The summed E-state index contributed by atoms with van der Waals surface area (Å²) in [7, 11) is 0. The van der Waals surface area contributed by atoms with Crippen LogP contribution in [0.5, 0.6) is 0 Å². The monoisotopic (exact) mass is 298 g/mol. The molecule has 1 aliphatic carbocycles. The van der Waals surface area contributed by atoms with Gasteiger partial charge in [-0.2, -0.15) is 5.26 Å². The molecule has 4 heteroatoms. The minimum Gasteiger partial charge on any atom is -0.465 e. The van der Waals surface area contributed by atoms with Crippen molar-refractivity contribution in [2.24, 2.45) is 11.3 Å². The largest absolute Gasteiger partial charge is 0.465 e. The number of nitrogens with zero attached hydrogens (tertiary/aromatic N) is 2. The summed E-state index contributed by atoms with van der Waals surface area (Å²) in [5.41, 5.74) is 0.653. The number of rotatable bonds is 4. The molecule has 0 spiro atoms. The van der Waals surface area contributed by atoms with Gasteiger partial charge in [0.15, 0.2) is 0 Å². The van der Waals surface area contributed by atoms with Crippen LogP contribution in [0.4, 0.5) is 0 Å². The van der Waals surface area contributed by atoms with Crippen molar-refractivity contribution in [2.45, 2.75) is 38.8 Å². The van der Waals surface area contributed by atoms with E-state index in [1.165, 1.54) is 5.56 Å². The number of esters is 1. The van der Waals surface area contributed by atoms with Crippen molar-refractivity contribution >= 4 is 5.97 Å². The van der Waals surface area contributed by atoms with Gasteiger partial charge in [-0.05, 0) is 38.3 Å². The van der Waals surface area contributed by atoms with Crippen LogP contribution in [-0.2, 0) is 16.1 Å². The van der Waals surface area contributed by atoms with Gasteiger partial charge >= 0.3 is 5.97 Å². The molecule has 0 bridgehead atoms. The van der Waals surface area contributed by atoms with Crippen molar-refractivity contribution in [3.05, 3.63) is 35.9 Å². The first-order chi connectivity index (χ1) is 10.7. The van der Waals surface area contributed by atoms with Crippen LogP contribution in [0.2, 0.25) is 0 Å². The summed E-state index contributed by atoms with van der Waals surface area (Å²) >= 11 is 0. The van der Waals surface area contributed by atoms with Gasteiger partial charge in [-0.3, -0.25) is 9.69 Å². The van der Waals surface area contributed by atoms with Gasteiger partial charge < -0.3 is 4.74 Å². The topological polar surface area (TPSA) is 53.3 Å². The molecular weight excluding hydrogens is 276 g/mol. The molecule has 0 N–H and O–H groups in total. The maximum atomic E-state index is 12.5. The smallest absolute Gasteiger partial charge is 0.315 e. The van der Waals surface area contributed by atoms with Crippen LogP contribution in [-0.4, -0.2) is 30.1 Å². The Kier molecular flexibility index (Phi) is 4.17. The Morgan fingerprint density at radius 2 is 2.23 bits per heavy atom. The lowest BCUT2D eigenvalue weighted by Crippen LogP contribution is -2.67. The third-order valence-electron chi connectivity index (χ3n) is 5.19. The van der Waals surface area contributed by atoms with Crippen LogP contribution in [0.3, 0.4) is 0 Å². The van der Waals surface area contributed by atoms with Crippen LogP contribution in [0, 0.1) is 22.7 Å². The number of hydrogen-bond donors (Lipinski definition) is 0. The van der Waals surface area contributed by atoms with Crippen molar-refractivity contribution < 1.29 is 9.53 Å². The van der Waals surface area contributed by atoms with Crippen molar-refractivity contribution in [3.63, 3.8) is 0 Å². The van der Waals surface area contributed by atoms with Crippen LogP contribution in [0.1, 0.15) is 31.7 Å². The summed E-state index contributed by atoms with van der Waals surface area (Å²) in [5, 5.41) is 9.41. The number of piperidine rings is 1. The Bertz CT molecular complexity index is 580. The maximum absolute atomic E-state index is 12.5. The number of fused-ring (bicyclic) bond motifs is 1. The van der Waals surface area contributed by atoms with E-state index in [9.17, 15) is 10.1 Å². The van der Waals surface area contributed by atoms with Gasteiger partial charge in [-0.25, -0.2) is 0 Å². The van der Waals surface area contributed by atoms with E-state index in [0.29, 0.717) is 6.61 Å². The zero-order chi connectivity index (χ0) is 15.6. The van der Waals surface area contributed by atoms with Crippen molar-refractivity contribution in [2.75, 3.05) is 13.2 Å². The van der Waals surface area contributed by atoms with Gasteiger partial charge in [0.25, 0.3) is 0 Å². The molecule has 0 radical (unpaired) electrons. The molecule has 1 saturated heterocycles. The normalized spacial score (nSPS) is 30.7. The molecular formula is C18H22N2O2. The summed E-state index contributed by atoms with van der Waals surface area (Å²) < 4.78 is 5.32. The summed E-state index contributed by atoms with van der Waals surface area (Å²) in [6.45, 7) is 4.03. The number of ether oxygens (including phenoxy) is 1. The van der Waals surface area contributed by atoms with Gasteiger partial charge in [0.05, 0.1) is 24.0 Å². The third kappa shape index (κ3) is 2.30. The van der Waals surface area contributed by atoms with Crippen molar-refractivity contribution in [3.8, 4) is 6.07 Å². The Morgan fingerprint density at radius 3 is 2.91 bits per heavy atom. The highest BCUT2D eigenvalue weighted by Gasteiger charge is 2.64. The van der Waals surface area contributed by atoms with E-state index in [1.54, 1.807) is 0 Å². The molecule has 0 aromatic heterocycles. The average molecular weight is 298 g/mol. The van der Waals surface area contributed by atoms with E-state index >= 15 is 0 Å². The van der Waals surface area contributed by atoms with E-state index in [4.69, 9.17) is 4.74 Å². The molecule has 1 aromatic rings. The third-order valence-corrected chi connectivity index (χ3v) is 5.19. The molecule has 0 unspecified atom stereocenters. The van der Waals surface area contributed by atoms with E-state index in [0.717, 1.165) is 32.4 Å². The highest BCUT2D eigenvalue weighted by Crippen LogP contribution is 2.55. The molecule has 22 heavy (non-hydrogen) atoms. The predicted octanol–water partition coefficient (Wildman–Crippen LogP) is 2.74. The molecule has 2 aliphatic rings. The van der Waals surface area contributed by atoms with Gasteiger partial charge in [0.2, 0.25) is 0 Å². The predicted molar refractivity (Wildman–Crippen MR) is 82.7 cm³/mol. The number of likely N-dealkylation sites (tertiary alicyclic amines) is 1. The van der Waals surface area contributed by atoms with Crippen molar-refractivity contribution in [1.82, 2.24) is 4.90 Å². The molecule has 4 nitrogen and oxygen atoms in total. The first-order valence-corrected chi connectivity index (χ1v) is 8.07. The molecule has 3 rings (SSSR count). The van der Waals surface area contributed by atoms with Gasteiger partial charge in [-0.1, -0.05) is 30.3 Å². The van der Waals surface area contributed by atoms with Crippen LogP contribution < -0.4 is 0 Å². The minimum absolute atomic E-state index is 0.144. The molecule has 3 atom stereocenters. The van der Waals surface area contributed by atoms with Crippen LogP contribution in [0.15, 0.2) is 30.3 Å². The molecule has 1 saturated carbocycles. The summed E-state index contributed by atoms with van der Waals surface area (Å²) in [6.07, 6.45) is 2.50. The van der Waals surface area contributed by atoms with Crippen LogP contribution >= 0.6 is 0 Å². The SMILES string of the molecule is CCOC(=O)[C@]12CCCN(Cc3ccccc3)[C@H]1C[C@H]2C#N. The van der Waals surface area contributed by atoms with Gasteiger partial charge in [0.1, 0.15) is 0 Å². The lowest BCUT2D eigenvalue weighted by Gasteiger charge is -2.58. The van der Waals surface area contributed by atoms with E-state index in [2.05, 4.69) is 23.1 Å². The fourth-order valence-electron chi connectivity index (χ4n) is 4.08. The lowest BCUT2D eigenvalue weighted by molar-refractivity contribution is -0.185. The minimum atomic E-state index is -0.599. The quantitative estimate of drug-likeness (QED) is 0.802. The standard InChI is InChI=1S/C18H22N2O2/c1-2-22-17(21)18-9-6-10-20(16(18)11-15(18)12-19)13-14-7-4-3-5-8-14/h3-5,7-8,15-16H,2,6,9-11,13H2,1H3/t15-,16-,18-/m0/s1. The van der Waals surface area contributed by atoms with E-state index < -0.39 is 5.41 Å². The first-order valence-electron chi connectivity index (χ1n) is 8.07. The molecule has 2 fully saturated rings. The Morgan fingerprint density at radius 1 is 1.45 bits per heavy atom. The number of carbonyl (C=O) groups is 1. The number of hydrogen-bond acceptors (Lipinski definition) is 4. The number of benzene rings is 1.